The zero-order valence-corrected chi connectivity index (χ0v) is 8.84. The van der Waals surface area contributed by atoms with E-state index in [1.54, 1.807) is 6.20 Å². The van der Waals surface area contributed by atoms with Gasteiger partial charge in [-0.3, -0.25) is 0 Å². The predicted molar refractivity (Wildman–Crippen MR) is 55.2 cm³/mol. The van der Waals surface area contributed by atoms with Crippen molar-refractivity contribution < 1.29 is 4.39 Å². The molecule has 0 saturated heterocycles. The Hall–Kier alpha value is -1.19. The van der Waals surface area contributed by atoms with E-state index in [2.05, 4.69) is 36.1 Å². The molecule has 0 aliphatic carbocycles. The molecular weight excluding hydrogens is 181 g/mol. The predicted octanol–water partition coefficient (Wildman–Crippen LogP) is 2.16. The zero-order valence-electron chi connectivity index (χ0n) is 8.84. The minimum atomic E-state index is -0.414. The van der Waals surface area contributed by atoms with Crippen molar-refractivity contribution >= 4 is 5.95 Å². The molecule has 1 aromatic rings. The lowest BCUT2D eigenvalue weighted by molar-refractivity contribution is 0.511. The summed E-state index contributed by atoms with van der Waals surface area (Å²) >= 11 is 0. The molecule has 0 aliphatic heterocycles. The van der Waals surface area contributed by atoms with E-state index in [-0.39, 0.29) is 12.0 Å². The van der Waals surface area contributed by atoms with Gasteiger partial charge in [0.05, 0.1) is 5.69 Å². The highest BCUT2D eigenvalue weighted by Gasteiger charge is 2.15. The van der Waals surface area contributed by atoms with Crippen molar-refractivity contribution in [2.75, 3.05) is 18.5 Å². The standard InChI is InChI=1S/C10H16FN3/c1-10(2,3)8-4-6-12-9(14-8)13-7-5-11/h4,6H,5,7H2,1-3H3,(H,12,13,14). The molecule has 0 amide bonds. The van der Waals surface area contributed by atoms with Gasteiger partial charge in [-0.2, -0.15) is 0 Å². The third-order valence-corrected chi connectivity index (χ3v) is 1.80. The van der Waals surface area contributed by atoms with E-state index in [4.69, 9.17) is 0 Å². The van der Waals surface area contributed by atoms with Crippen molar-refractivity contribution in [3.8, 4) is 0 Å². The van der Waals surface area contributed by atoms with Crippen LogP contribution in [0.4, 0.5) is 10.3 Å². The van der Waals surface area contributed by atoms with E-state index in [1.165, 1.54) is 0 Å². The summed E-state index contributed by atoms with van der Waals surface area (Å²) in [5.41, 5.74) is 0.948. The molecule has 0 saturated carbocycles. The van der Waals surface area contributed by atoms with Crippen LogP contribution < -0.4 is 5.32 Å². The normalized spacial score (nSPS) is 11.4. The number of alkyl halides is 1. The van der Waals surface area contributed by atoms with Crippen molar-refractivity contribution in [2.24, 2.45) is 0 Å². The third-order valence-electron chi connectivity index (χ3n) is 1.80. The Bertz CT molecular complexity index is 294. The molecule has 0 radical (unpaired) electrons. The minimum absolute atomic E-state index is 0.00488. The third kappa shape index (κ3) is 2.94. The highest BCUT2D eigenvalue weighted by molar-refractivity contribution is 5.27. The van der Waals surface area contributed by atoms with Crippen LogP contribution in [-0.4, -0.2) is 23.2 Å². The van der Waals surface area contributed by atoms with Gasteiger partial charge in [0.25, 0.3) is 0 Å². The highest BCUT2D eigenvalue weighted by atomic mass is 19.1. The van der Waals surface area contributed by atoms with E-state index in [1.807, 2.05) is 6.07 Å². The van der Waals surface area contributed by atoms with Gasteiger partial charge in [0.2, 0.25) is 5.95 Å². The van der Waals surface area contributed by atoms with E-state index >= 15 is 0 Å². The van der Waals surface area contributed by atoms with Crippen molar-refractivity contribution in [3.63, 3.8) is 0 Å². The van der Waals surface area contributed by atoms with Gasteiger partial charge in [-0.15, -0.1) is 0 Å². The van der Waals surface area contributed by atoms with Crippen molar-refractivity contribution in [3.05, 3.63) is 18.0 Å². The lowest BCUT2D eigenvalue weighted by atomic mass is 9.92. The molecule has 1 aromatic heterocycles. The summed E-state index contributed by atoms with van der Waals surface area (Å²) in [6.45, 7) is 6.08. The number of hydrogen-bond acceptors (Lipinski definition) is 3. The van der Waals surface area contributed by atoms with Gasteiger partial charge in [-0.1, -0.05) is 20.8 Å². The SMILES string of the molecule is CC(C)(C)c1ccnc(NCCF)n1. The van der Waals surface area contributed by atoms with Gasteiger partial charge in [-0.05, 0) is 6.07 Å². The van der Waals surface area contributed by atoms with Crippen LogP contribution in [0.1, 0.15) is 26.5 Å². The quantitative estimate of drug-likeness (QED) is 0.806. The molecule has 4 heteroatoms. The number of halogens is 1. The minimum Gasteiger partial charge on any atom is -0.352 e. The fourth-order valence-electron chi connectivity index (χ4n) is 1.02. The molecule has 1 heterocycles. The molecule has 3 nitrogen and oxygen atoms in total. The average Bonchev–Trinajstić information content (AvgIpc) is 2.14. The summed E-state index contributed by atoms with van der Waals surface area (Å²) in [5, 5.41) is 2.81. The number of hydrogen-bond donors (Lipinski definition) is 1. The maximum atomic E-state index is 11.9. The Morgan fingerprint density at radius 3 is 2.71 bits per heavy atom. The first-order valence-electron chi connectivity index (χ1n) is 4.67. The Labute approximate surface area is 83.8 Å². The topological polar surface area (TPSA) is 37.8 Å². The van der Waals surface area contributed by atoms with Crippen LogP contribution >= 0.6 is 0 Å². The average molecular weight is 197 g/mol. The lowest BCUT2D eigenvalue weighted by Crippen LogP contribution is -2.16. The number of aromatic nitrogens is 2. The van der Waals surface area contributed by atoms with Gasteiger partial charge in [0.1, 0.15) is 6.67 Å². The van der Waals surface area contributed by atoms with Gasteiger partial charge >= 0.3 is 0 Å². The summed E-state index contributed by atoms with van der Waals surface area (Å²) in [7, 11) is 0. The maximum Gasteiger partial charge on any atom is 0.222 e. The number of nitrogens with zero attached hydrogens (tertiary/aromatic N) is 2. The molecule has 0 bridgehead atoms. The largest absolute Gasteiger partial charge is 0.352 e. The van der Waals surface area contributed by atoms with E-state index in [0.29, 0.717) is 5.95 Å². The first-order valence-corrected chi connectivity index (χ1v) is 4.67. The van der Waals surface area contributed by atoms with Gasteiger partial charge in [-0.25, -0.2) is 14.4 Å². The van der Waals surface area contributed by atoms with Gasteiger partial charge in [0, 0.05) is 18.2 Å². The summed E-state index contributed by atoms with van der Waals surface area (Å²) in [5.74, 6) is 0.495. The van der Waals surface area contributed by atoms with E-state index in [9.17, 15) is 4.39 Å². The second-order valence-electron chi connectivity index (χ2n) is 4.13. The highest BCUT2D eigenvalue weighted by Crippen LogP contribution is 2.19. The summed E-state index contributed by atoms with van der Waals surface area (Å²) < 4.78 is 11.9. The van der Waals surface area contributed by atoms with Crippen LogP contribution in [0.25, 0.3) is 0 Å². The van der Waals surface area contributed by atoms with Crippen LogP contribution in [-0.2, 0) is 5.41 Å². The number of anilines is 1. The molecule has 1 N–H and O–H groups in total. The number of nitrogens with one attached hydrogen (secondary N) is 1. The molecule has 0 aromatic carbocycles. The molecule has 1 rings (SSSR count). The molecular formula is C10H16FN3. The van der Waals surface area contributed by atoms with Crippen LogP contribution in [0.3, 0.4) is 0 Å². The van der Waals surface area contributed by atoms with E-state index < -0.39 is 6.67 Å². The fourth-order valence-corrected chi connectivity index (χ4v) is 1.02. The summed E-state index contributed by atoms with van der Waals surface area (Å²) in [6, 6.07) is 1.88. The molecule has 0 spiro atoms. The smallest absolute Gasteiger partial charge is 0.222 e. The van der Waals surface area contributed by atoms with Crippen LogP contribution in [0.5, 0.6) is 0 Å². The van der Waals surface area contributed by atoms with Crippen LogP contribution in [0.15, 0.2) is 12.3 Å². The zero-order chi connectivity index (χ0) is 10.6. The van der Waals surface area contributed by atoms with Gasteiger partial charge in [0.15, 0.2) is 0 Å². The maximum absolute atomic E-state index is 11.9. The Kier molecular flexibility index (Phi) is 3.38. The Morgan fingerprint density at radius 2 is 2.14 bits per heavy atom. The second-order valence-corrected chi connectivity index (χ2v) is 4.13. The first-order chi connectivity index (χ1) is 6.54. The Morgan fingerprint density at radius 1 is 1.43 bits per heavy atom. The second kappa shape index (κ2) is 4.35. The van der Waals surface area contributed by atoms with E-state index in [0.717, 1.165) is 5.69 Å². The molecule has 0 atom stereocenters. The summed E-state index contributed by atoms with van der Waals surface area (Å²) in [6.07, 6.45) is 1.69. The van der Waals surface area contributed by atoms with Crippen molar-refractivity contribution in [2.45, 2.75) is 26.2 Å². The molecule has 14 heavy (non-hydrogen) atoms. The number of rotatable bonds is 3. The summed E-state index contributed by atoms with van der Waals surface area (Å²) in [4.78, 5) is 8.29. The van der Waals surface area contributed by atoms with Gasteiger partial charge < -0.3 is 5.32 Å². The Balaban J connectivity index is 2.79. The molecule has 0 unspecified atom stereocenters. The van der Waals surface area contributed by atoms with Crippen molar-refractivity contribution in [1.82, 2.24) is 9.97 Å². The monoisotopic (exact) mass is 197 g/mol. The fraction of sp³-hybridized carbons (Fsp3) is 0.600. The molecule has 78 valence electrons. The first kappa shape index (κ1) is 10.9. The molecule has 0 aliphatic rings. The van der Waals surface area contributed by atoms with Crippen LogP contribution in [0, 0.1) is 0 Å². The molecule has 0 fully saturated rings. The van der Waals surface area contributed by atoms with Crippen molar-refractivity contribution in [1.29, 1.82) is 0 Å². The van der Waals surface area contributed by atoms with Crippen LogP contribution in [0.2, 0.25) is 0 Å². The lowest BCUT2D eigenvalue weighted by Gasteiger charge is -2.17.